The third-order valence-electron chi connectivity index (χ3n) is 10.1. The number of ether oxygens (including phenoxy) is 1. The molecule has 10 rings (SSSR count). The third-order valence-corrected chi connectivity index (χ3v) is 10.1. The molecule has 2 aromatic heterocycles. The van der Waals surface area contributed by atoms with Gasteiger partial charge in [0.05, 0.1) is 16.8 Å². The zero-order chi connectivity index (χ0) is 33.1. The predicted molar refractivity (Wildman–Crippen MR) is 199 cm³/mol. The van der Waals surface area contributed by atoms with Gasteiger partial charge in [0.25, 0.3) is 0 Å². The molecule has 4 nitrogen and oxygen atoms in total. The van der Waals surface area contributed by atoms with Gasteiger partial charge in [-0.15, -0.1) is 0 Å². The van der Waals surface area contributed by atoms with Crippen molar-refractivity contribution in [3.8, 4) is 67.7 Å². The van der Waals surface area contributed by atoms with Crippen LogP contribution >= 0.6 is 0 Å². The Morgan fingerprint density at radius 3 is 1.64 bits per heavy atom. The summed E-state index contributed by atoms with van der Waals surface area (Å²) in [4.78, 5) is 14.8. The maximum atomic E-state index is 6.67. The average Bonchev–Trinajstić information content (AvgIpc) is 3.30. The van der Waals surface area contributed by atoms with E-state index >= 15 is 0 Å². The van der Waals surface area contributed by atoms with Crippen LogP contribution in [0.3, 0.4) is 0 Å². The summed E-state index contributed by atoms with van der Waals surface area (Å²) < 4.78 is 6.67. The second-order valence-electron chi connectivity index (χ2n) is 12.8. The van der Waals surface area contributed by atoms with E-state index in [4.69, 9.17) is 14.7 Å². The van der Waals surface area contributed by atoms with E-state index in [0.29, 0.717) is 5.82 Å². The van der Waals surface area contributed by atoms with Crippen molar-refractivity contribution in [2.45, 2.75) is 5.41 Å². The van der Waals surface area contributed by atoms with Crippen LogP contribution in [0.1, 0.15) is 22.3 Å². The van der Waals surface area contributed by atoms with Gasteiger partial charge in [-0.2, -0.15) is 0 Å². The van der Waals surface area contributed by atoms with Gasteiger partial charge in [0.1, 0.15) is 11.5 Å². The van der Waals surface area contributed by atoms with Gasteiger partial charge in [-0.05, 0) is 69.8 Å². The molecule has 0 amide bonds. The fourth-order valence-electron chi connectivity index (χ4n) is 7.94. The van der Waals surface area contributed by atoms with Gasteiger partial charge in [0, 0.05) is 40.2 Å². The molecule has 1 aliphatic heterocycles. The first-order valence-corrected chi connectivity index (χ1v) is 16.8. The van der Waals surface area contributed by atoms with E-state index in [1.54, 1.807) is 6.20 Å². The highest BCUT2D eigenvalue weighted by atomic mass is 16.5. The van der Waals surface area contributed by atoms with Gasteiger partial charge in [-0.25, -0.2) is 9.97 Å². The van der Waals surface area contributed by atoms with Gasteiger partial charge in [0.15, 0.2) is 5.82 Å². The highest BCUT2D eigenvalue weighted by Crippen LogP contribution is 2.61. The number of para-hydroxylation sites is 2. The Hall–Kier alpha value is -6.65. The summed E-state index contributed by atoms with van der Waals surface area (Å²) in [5.41, 5.74) is 13.2. The smallest absolute Gasteiger partial charge is 0.160 e. The Morgan fingerprint density at radius 2 is 0.960 bits per heavy atom. The molecule has 0 radical (unpaired) electrons. The van der Waals surface area contributed by atoms with Crippen molar-refractivity contribution >= 4 is 0 Å². The van der Waals surface area contributed by atoms with Gasteiger partial charge in [-0.3, -0.25) is 4.98 Å². The quantitative estimate of drug-likeness (QED) is 0.193. The van der Waals surface area contributed by atoms with Crippen LogP contribution < -0.4 is 4.74 Å². The van der Waals surface area contributed by atoms with Gasteiger partial charge in [0.2, 0.25) is 0 Å². The largest absolute Gasteiger partial charge is 0.457 e. The standard InChI is InChI=1S/C46H29N3O/c1-2-13-30(14-3-1)41-28-42(32-15-12-26-47-29-32)49-45(48-41)31-24-25-36-34-17-5-4-16-33(34)35-18-6-7-19-37(35)46(40(36)27-31)38-20-8-10-22-43(38)50-44-23-11-9-21-39(44)46/h1-29H. The van der Waals surface area contributed by atoms with Crippen LogP contribution in [0.4, 0.5) is 0 Å². The van der Waals surface area contributed by atoms with Crippen LogP contribution in [0.15, 0.2) is 176 Å². The predicted octanol–water partition coefficient (Wildman–Crippen LogP) is 11.0. The molecule has 1 spiro atoms. The maximum Gasteiger partial charge on any atom is 0.160 e. The maximum absolute atomic E-state index is 6.67. The van der Waals surface area contributed by atoms with Crippen molar-refractivity contribution in [1.82, 2.24) is 15.0 Å². The molecule has 0 saturated heterocycles. The Labute approximate surface area is 290 Å². The summed E-state index contributed by atoms with van der Waals surface area (Å²) in [5.74, 6) is 2.36. The number of hydrogen-bond donors (Lipinski definition) is 0. The topological polar surface area (TPSA) is 47.9 Å². The minimum absolute atomic E-state index is 0.655. The highest BCUT2D eigenvalue weighted by Gasteiger charge is 2.49. The number of fused-ring (bicyclic) bond motifs is 11. The molecular formula is C46H29N3O. The third kappa shape index (κ3) is 4.22. The van der Waals surface area contributed by atoms with Crippen molar-refractivity contribution in [3.05, 3.63) is 198 Å². The van der Waals surface area contributed by atoms with E-state index in [-0.39, 0.29) is 0 Å². The molecule has 8 aromatic rings. The average molecular weight is 640 g/mol. The van der Waals surface area contributed by atoms with Gasteiger partial charge in [-0.1, -0.05) is 127 Å². The highest BCUT2D eigenvalue weighted by molar-refractivity contribution is 5.94. The normalized spacial score (nSPS) is 13.1. The van der Waals surface area contributed by atoms with Gasteiger partial charge >= 0.3 is 0 Å². The molecule has 6 aromatic carbocycles. The Balaban J connectivity index is 1.33. The molecule has 2 aliphatic rings. The Morgan fingerprint density at radius 1 is 0.400 bits per heavy atom. The van der Waals surface area contributed by atoms with Crippen LogP contribution in [0.25, 0.3) is 56.2 Å². The molecule has 3 heterocycles. The van der Waals surface area contributed by atoms with Crippen LogP contribution in [-0.4, -0.2) is 15.0 Å². The minimum atomic E-state index is -0.699. The molecule has 0 bridgehead atoms. The second kappa shape index (κ2) is 11.2. The number of aromatic nitrogens is 3. The van der Waals surface area contributed by atoms with E-state index in [1.807, 2.05) is 36.5 Å². The van der Waals surface area contributed by atoms with Crippen LogP contribution in [0, 0.1) is 0 Å². The van der Waals surface area contributed by atoms with Crippen LogP contribution in [-0.2, 0) is 5.41 Å². The molecule has 0 saturated carbocycles. The van der Waals surface area contributed by atoms with E-state index in [9.17, 15) is 0 Å². The molecule has 0 N–H and O–H groups in total. The monoisotopic (exact) mass is 639 g/mol. The Bertz CT molecular complexity index is 2480. The van der Waals surface area contributed by atoms with Crippen molar-refractivity contribution in [3.63, 3.8) is 0 Å². The van der Waals surface area contributed by atoms with Crippen LogP contribution in [0.5, 0.6) is 11.5 Å². The van der Waals surface area contributed by atoms with Crippen molar-refractivity contribution in [2.75, 3.05) is 0 Å². The summed E-state index contributed by atoms with van der Waals surface area (Å²) >= 11 is 0. The fraction of sp³-hybridized carbons (Fsp3) is 0.0217. The number of pyridine rings is 1. The molecule has 0 fully saturated rings. The van der Waals surface area contributed by atoms with Crippen molar-refractivity contribution in [2.24, 2.45) is 0 Å². The summed E-state index contributed by atoms with van der Waals surface area (Å²) in [7, 11) is 0. The lowest BCUT2D eigenvalue weighted by Crippen LogP contribution is -2.34. The molecule has 50 heavy (non-hydrogen) atoms. The lowest BCUT2D eigenvalue weighted by Gasteiger charge is -2.42. The number of hydrogen-bond acceptors (Lipinski definition) is 4. The summed E-state index contributed by atoms with van der Waals surface area (Å²) in [5, 5.41) is 0. The van der Waals surface area contributed by atoms with E-state index in [1.165, 1.54) is 27.8 Å². The first kappa shape index (κ1) is 28.4. The zero-order valence-corrected chi connectivity index (χ0v) is 27.0. The molecule has 0 unspecified atom stereocenters. The zero-order valence-electron chi connectivity index (χ0n) is 27.0. The van der Waals surface area contributed by atoms with Crippen molar-refractivity contribution in [1.29, 1.82) is 0 Å². The van der Waals surface area contributed by atoms with E-state index in [0.717, 1.165) is 56.3 Å². The lowest BCUT2D eigenvalue weighted by molar-refractivity contribution is 0.435. The first-order valence-electron chi connectivity index (χ1n) is 16.8. The summed E-state index contributed by atoms with van der Waals surface area (Å²) in [6.45, 7) is 0. The second-order valence-corrected chi connectivity index (χ2v) is 12.8. The van der Waals surface area contributed by atoms with Crippen LogP contribution in [0.2, 0.25) is 0 Å². The molecule has 0 atom stereocenters. The Kier molecular flexibility index (Phi) is 6.36. The number of nitrogens with zero attached hydrogens (tertiary/aromatic N) is 3. The SMILES string of the molecule is c1ccc(-c2cc(-c3cccnc3)nc(-c3ccc4c(c3)C3(c5ccccc5Oc5ccccc53)c3ccccc3-c3ccccc3-4)n2)cc1. The van der Waals surface area contributed by atoms with Gasteiger partial charge < -0.3 is 4.74 Å². The summed E-state index contributed by atoms with van der Waals surface area (Å²) in [6.07, 6.45) is 3.64. The van der Waals surface area contributed by atoms with Crippen molar-refractivity contribution < 1.29 is 4.74 Å². The number of rotatable bonds is 3. The lowest BCUT2D eigenvalue weighted by atomic mass is 9.62. The molecule has 4 heteroatoms. The van der Waals surface area contributed by atoms with E-state index < -0.39 is 5.41 Å². The minimum Gasteiger partial charge on any atom is -0.457 e. The summed E-state index contributed by atoms with van der Waals surface area (Å²) in [6, 6.07) is 57.7. The molecule has 234 valence electrons. The molecular weight excluding hydrogens is 611 g/mol. The first-order chi connectivity index (χ1) is 24.8. The fourth-order valence-corrected chi connectivity index (χ4v) is 7.94. The van der Waals surface area contributed by atoms with E-state index in [2.05, 4.69) is 138 Å². The number of benzene rings is 6. The molecule has 1 aliphatic carbocycles.